The molecule has 0 radical (unpaired) electrons. The number of nitrogens with zero attached hydrogens (tertiary/aromatic N) is 2. The van der Waals surface area contributed by atoms with Gasteiger partial charge in [0.05, 0.1) is 0 Å². The van der Waals surface area contributed by atoms with Gasteiger partial charge in [-0.1, -0.05) is 6.92 Å². The number of nitrogen functional groups attached to an aromatic ring is 1. The molecule has 1 aromatic heterocycles. The van der Waals surface area contributed by atoms with Gasteiger partial charge in [0.25, 0.3) is 0 Å². The maximum Gasteiger partial charge on any atom is 0.141 e. The van der Waals surface area contributed by atoms with Crippen LogP contribution >= 0.6 is 0 Å². The third kappa shape index (κ3) is 2.09. The molecule has 3 N–H and O–H groups in total. The van der Waals surface area contributed by atoms with E-state index in [9.17, 15) is 0 Å². The third-order valence-electron chi connectivity index (χ3n) is 2.81. The predicted octanol–water partition coefficient (Wildman–Crippen LogP) is 1.21. The van der Waals surface area contributed by atoms with Gasteiger partial charge in [0.1, 0.15) is 11.5 Å². The van der Waals surface area contributed by atoms with Gasteiger partial charge in [0, 0.05) is 25.0 Å². The van der Waals surface area contributed by atoms with Crippen LogP contribution in [0.1, 0.15) is 19.0 Å². The van der Waals surface area contributed by atoms with E-state index in [0.717, 1.165) is 24.7 Å². The van der Waals surface area contributed by atoms with Crippen molar-refractivity contribution in [3.05, 3.63) is 24.0 Å². The summed E-state index contributed by atoms with van der Waals surface area (Å²) in [6.07, 6.45) is 2.95. The number of pyridine rings is 1. The number of nitrogens with two attached hydrogens (primary N) is 1. The summed E-state index contributed by atoms with van der Waals surface area (Å²) in [5, 5.41) is 7.34. The summed E-state index contributed by atoms with van der Waals surface area (Å²) >= 11 is 0. The van der Waals surface area contributed by atoms with Crippen LogP contribution in [0.4, 0.5) is 5.69 Å². The topological polar surface area (TPSA) is 66.0 Å². The average molecular weight is 204 g/mol. The maximum absolute atomic E-state index is 7.34. The van der Waals surface area contributed by atoms with E-state index in [0.29, 0.717) is 5.69 Å². The van der Waals surface area contributed by atoms with Crippen LogP contribution in [0, 0.1) is 11.3 Å². The van der Waals surface area contributed by atoms with Crippen LogP contribution in [0.2, 0.25) is 0 Å². The highest BCUT2D eigenvalue weighted by molar-refractivity contribution is 5.93. The highest BCUT2D eigenvalue weighted by atomic mass is 15.1. The smallest absolute Gasteiger partial charge is 0.141 e. The van der Waals surface area contributed by atoms with Crippen molar-refractivity contribution in [2.75, 3.05) is 18.0 Å². The fourth-order valence-electron chi connectivity index (χ4n) is 1.93. The molecule has 4 heteroatoms. The molecule has 4 nitrogen and oxygen atoms in total. The van der Waals surface area contributed by atoms with Gasteiger partial charge in [-0.3, -0.25) is 10.4 Å². The molecule has 0 aliphatic carbocycles. The van der Waals surface area contributed by atoms with Gasteiger partial charge in [-0.05, 0) is 24.5 Å². The zero-order valence-corrected chi connectivity index (χ0v) is 8.90. The number of amidine groups is 1. The quantitative estimate of drug-likeness (QED) is 0.562. The van der Waals surface area contributed by atoms with E-state index >= 15 is 0 Å². The molecule has 80 valence electrons. The zero-order valence-electron chi connectivity index (χ0n) is 8.90. The fourth-order valence-corrected chi connectivity index (χ4v) is 1.93. The lowest BCUT2D eigenvalue weighted by Gasteiger charge is -2.18. The molecule has 1 atom stereocenters. The largest absolute Gasteiger partial charge is 0.382 e. The summed E-state index contributed by atoms with van der Waals surface area (Å²) in [4.78, 5) is 6.37. The second-order valence-electron chi connectivity index (χ2n) is 4.15. The molecule has 1 saturated heterocycles. The molecule has 1 aliphatic heterocycles. The highest BCUT2D eigenvalue weighted by Gasteiger charge is 2.19. The first-order chi connectivity index (χ1) is 7.16. The van der Waals surface area contributed by atoms with Gasteiger partial charge >= 0.3 is 0 Å². The van der Waals surface area contributed by atoms with E-state index in [-0.39, 0.29) is 5.84 Å². The van der Waals surface area contributed by atoms with Crippen LogP contribution in [0.5, 0.6) is 0 Å². The van der Waals surface area contributed by atoms with E-state index in [1.54, 1.807) is 6.20 Å². The number of hydrogen-bond acceptors (Lipinski definition) is 3. The summed E-state index contributed by atoms with van der Waals surface area (Å²) < 4.78 is 0. The summed E-state index contributed by atoms with van der Waals surface area (Å²) in [7, 11) is 0. The molecule has 0 bridgehead atoms. The molecule has 1 unspecified atom stereocenters. The van der Waals surface area contributed by atoms with Crippen molar-refractivity contribution in [2.24, 2.45) is 11.7 Å². The molecule has 0 saturated carbocycles. The van der Waals surface area contributed by atoms with E-state index < -0.39 is 0 Å². The molecule has 0 spiro atoms. The first-order valence-electron chi connectivity index (χ1n) is 5.22. The van der Waals surface area contributed by atoms with Crippen molar-refractivity contribution in [1.29, 1.82) is 5.41 Å². The van der Waals surface area contributed by atoms with E-state index in [1.165, 1.54) is 6.42 Å². The predicted molar refractivity (Wildman–Crippen MR) is 61.2 cm³/mol. The van der Waals surface area contributed by atoms with Crippen LogP contribution in [-0.4, -0.2) is 23.9 Å². The minimum absolute atomic E-state index is 0.0316. The van der Waals surface area contributed by atoms with Crippen LogP contribution < -0.4 is 10.6 Å². The van der Waals surface area contributed by atoms with E-state index in [2.05, 4.69) is 16.8 Å². The lowest BCUT2D eigenvalue weighted by Crippen LogP contribution is -2.20. The Hall–Kier alpha value is -1.58. The van der Waals surface area contributed by atoms with E-state index in [1.807, 2.05) is 12.1 Å². The van der Waals surface area contributed by atoms with Crippen molar-refractivity contribution in [2.45, 2.75) is 13.3 Å². The second kappa shape index (κ2) is 3.88. The Balaban J connectivity index is 2.21. The van der Waals surface area contributed by atoms with Gasteiger partial charge in [0.2, 0.25) is 0 Å². The number of aromatic nitrogens is 1. The maximum atomic E-state index is 7.34. The molecule has 1 fully saturated rings. The lowest BCUT2D eigenvalue weighted by atomic mass is 10.2. The zero-order chi connectivity index (χ0) is 10.8. The van der Waals surface area contributed by atoms with E-state index in [4.69, 9.17) is 11.1 Å². The van der Waals surface area contributed by atoms with Gasteiger partial charge < -0.3 is 10.6 Å². The number of anilines is 1. The first-order valence-corrected chi connectivity index (χ1v) is 5.22. The minimum Gasteiger partial charge on any atom is -0.382 e. The molecular formula is C11H16N4. The van der Waals surface area contributed by atoms with Crippen molar-refractivity contribution >= 4 is 11.5 Å². The van der Waals surface area contributed by atoms with Gasteiger partial charge in [-0.2, -0.15) is 0 Å². The Morgan fingerprint density at radius 2 is 2.47 bits per heavy atom. The standard InChI is InChI=1S/C11H16N4/c1-8-3-5-15(7-8)9-2-4-14-10(6-9)11(12)13/h2,4,6,8H,3,5,7H2,1H3,(H3,12,13). The Kier molecular flexibility index (Phi) is 2.58. The fraction of sp³-hybridized carbons (Fsp3) is 0.455. The van der Waals surface area contributed by atoms with Crippen LogP contribution in [-0.2, 0) is 0 Å². The van der Waals surface area contributed by atoms with Gasteiger partial charge in [-0.25, -0.2) is 0 Å². The highest BCUT2D eigenvalue weighted by Crippen LogP contribution is 2.23. The third-order valence-corrected chi connectivity index (χ3v) is 2.81. The summed E-state index contributed by atoms with van der Waals surface area (Å²) in [5.41, 5.74) is 7.10. The monoisotopic (exact) mass is 204 g/mol. The summed E-state index contributed by atoms with van der Waals surface area (Å²) in [6.45, 7) is 4.43. The van der Waals surface area contributed by atoms with Crippen molar-refractivity contribution in [1.82, 2.24) is 4.98 Å². The SMILES string of the molecule is CC1CCN(c2ccnc(C(=N)N)c2)C1. The molecule has 2 heterocycles. The van der Waals surface area contributed by atoms with Gasteiger partial charge in [-0.15, -0.1) is 0 Å². The normalized spacial score (nSPS) is 20.6. The van der Waals surface area contributed by atoms with Gasteiger partial charge in [0.15, 0.2) is 0 Å². The molecule has 0 amide bonds. The van der Waals surface area contributed by atoms with Crippen LogP contribution in [0.25, 0.3) is 0 Å². The lowest BCUT2D eigenvalue weighted by molar-refractivity contribution is 0.659. The Morgan fingerprint density at radius 1 is 1.67 bits per heavy atom. The van der Waals surface area contributed by atoms with Crippen molar-refractivity contribution < 1.29 is 0 Å². The average Bonchev–Trinajstić information content (AvgIpc) is 2.65. The Bertz CT molecular complexity index is 375. The molecule has 1 aromatic rings. The molecule has 15 heavy (non-hydrogen) atoms. The molecule has 2 rings (SSSR count). The number of hydrogen-bond donors (Lipinski definition) is 2. The van der Waals surface area contributed by atoms with Crippen LogP contribution in [0.15, 0.2) is 18.3 Å². The minimum atomic E-state index is 0.0316. The number of rotatable bonds is 2. The molecular weight excluding hydrogens is 188 g/mol. The summed E-state index contributed by atoms with van der Waals surface area (Å²) in [5.74, 6) is 0.781. The Morgan fingerprint density at radius 3 is 3.07 bits per heavy atom. The molecule has 0 aromatic carbocycles. The van der Waals surface area contributed by atoms with Crippen molar-refractivity contribution in [3.8, 4) is 0 Å². The Labute approximate surface area is 89.6 Å². The van der Waals surface area contributed by atoms with Crippen molar-refractivity contribution in [3.63, 3.8) is 0 Å². The van der Waals surface area contributed by atoms with Crippen LogP contribution in [0.3, 0.4) is 0 Å². The first kappa shape index (κ1) is 9.96. The second-order valence-corrected chi connectivity index (χ2v) is 4.15. The molecule has 1 aliphatic rings. The summed E-state index contributed by atoms with van der Waals surface area (Å²) in [6, 6.07) is 3.87. The number of nitrogens with one attached hydrogen (secondary N) is 1.